The molecule has 0 amide bonds. The second-order valence-electron chi connectivity index (χ2n) is 7.78. The smallest absolute Gasteiger partial charge is 0.0113 e. The van der Waals surface area contributed by atoms with Crippen LogP contribution in [0.1, 0.15) is 55.4 Å². The maximum absolute atomic E-state index is 3.55. The lowest BCUT2D eigenvalue weighted by Gasteiger charge is -2.31. The highest BCUT2D eigenvalue weighted by Crippen LogP contribution is 2.02. The molecule has 4 nitrogen and oxygen atoms in total. The van der Waals surface area contributed by atoms with Crippen molar-refractivity contribution in [3.8, 4) is 0 Å². The molecule has 0 atom stereocenters. The van der Waals surface area contributed by atoms with Crippen LogP contribution in [0.5, 0.6) is 0 Å². The molecule has 22 heavy (non-hydrogen) atoms. The Balaban J connectivity index is 3.91. The molecule has 0 saturated carbocycles. The van der Waals surface area contributed by atoms with Crippen molar-refractivity contribution >= 4 is 0 Å². The van der Waals surface area contributed by atoms with E-state index in [-0.39, 0.29) is 5.54 Å². The van der Waals surface area contributed by atoms with Crippen LogP contribution in [-0.2, 0) is 0 Å². The topological polar surface area (TPSA) is 30.5 Å². The Labute approximate surface area is 140 Å². The van der Waals surface area contributed by atoms with Crippen LogP contribution in [0.25, 0.3) is 0 Å². The van der Waals surface area contributed by atoms with Gasteiger partial charge in [-0.2, -0.15) is 0 Å². The van der Waals surface area contributed by atoms with Gasteiger partial charge in [0.2, 0.25) is 0 Å². The van der Waals surface area contributed by atoms with Gasteiger partial charge in [0.15, 0.2) is 0 Å². The van der Waals surface area contributed by atoms with E-state index in [0.29, 0.717) is 12.1 Å². The zero-order valence-electron chi connectivity index (χ0n) is 16.5. The fraction of sp³-hybridized carbons (Fsp3) is 1.00. The van der Waals surface area contributed by atoms with Gasteiger partial charge in [-0.3, -0.25) is 9.80 Å². The molecule has 0 spiro atoms. The van der Waals surface area contributed by atoms with E-state index in [1.165, 1.54) is 0 Å². The largest absolute Gasteiger partial charge is 0.314 e. The molecule has 2 N–H and O–H groups in total. The standard InChI is InChI=1S/C18H42N4/c1-9-21(16(2)3)14-15-22(17(4)5)13-12-19-10-11-20-18(6,7)8/h16-17,19-20H,9-15H2,1-8H3. The van der Waals surface area contributed by atoms with E-state index < -0.39 is 0 Å². The predicted octanol–water partition coefficient (Wildman–Crippen LogP) is 2.40. The summed E-state index contributed by atoms with van der Waals surface area (Å²) in [7, 11) is 0. The Hall–Kier alpha value is -0.160. The van der Waals surface area contributed by atoms with Gasteiger partial charge in [0.1, 0.15) is 0 Å². The van der Waals surface area contributed by atoms with Gasteiger partial charge in [0.25, 0.3) is 0 Å². The molecule has 0 fully saturated rings. The van der Waals surface area contributed by atoms with E-state index in [1.54, 1.807) is 0 Å². The Morgan fingerprint density at radius 2 is 1.32 bits per heavy atom. The molecule has 0 aromatic carbocycles. The van der Waals surface area contributed by atoms with E-state index in [1.807, 2.05) is 0 Å². The number of rotatable bonds is 12. The molecule has 0 aromatic heterocycles. The molecular weight excluding hydrogens is 272 g/mol. The van der Waals surface area contributed by atoms with Crippen LogP contribution in [-0.4, -0.2) is 73.2 Å². The fourth-order valence-electron chi connectivity index (χ4n) is 2.54. The van der Waals surface area contributed by atoms with E-state index in [4.69, 9.17) is 0 Å². The van der Waals surface area contributed by atoms with Crippen molar-refractivity contribution in [3.05, 3.63) is 0 Å². The van der Waals surface area contributed by atoms with Crippen LogP contribution in [0.2, 0.25) is 0 Å². The first-order valence-electron chi connectivity index (χ1n) is 9.11. The first-order valence-corrected chi connectivity index (χ1v) is 9.11. The third kappa shape index (κ3) is 11.4. The van der Waals surface area contributed by atoms with E-state index in [0.717, 1.165) is 45.8 Å². The molecule has 4 heteroatoms. The summed E-state index contributed by atoms with van der Waals surface area (Å²) in [6.45, 7) is 25.8. The molecule has 0 rings (SSSR count). The van der Waals surface area contributed by atoms with Crippen LogP contribution in [0.4, 0.5) is 0 Å². The highest BCUT2D eigenvalue weighted by atomic mass is 15.2. The number of nitrogens with zero attached hydrogens (tertiary/aromatic N) is 2. The summed E-state index contributed by atoms with van der Waals surface area (Å²) < 4.78 is 0. The quantitative estimate of drug-likeness (QED) is 0.542. The van der Waals surface area contributed by atoms with Gasteiger partial charge in [-0.25, -0.2) is 0 Å². The third-order valence-corrected chi connectivity index (χ3v) is 4.07. The lowest BCUT2D eigenvalue weighted by molar-refractivity contribution is 0.160. The molecule has 0 heterocycles. The van der Waals surface area contributed by atoms with Crippen molar-refractivity contribution in [1.82, 2.24) is 20.4 Å². The molecular formula is C18H42N4. The Kier molecular flexibility index (Phi) is 11.3. The molecule has 0 aliphatic rings. The summed E-state index contributed by atoms with van der Waals surface area (Å²) in [5, 5.41) is 7.06. The zero-order valence-corrected chi connectivity index (χ0v) is 16.5. The summed E-state index contributed by atoms with van der Waals surface area (Å²) >= 11 is 0. The SMILES string of the molecule is CCN(CCN(CCNCCNC(C)(C)C)C(C)C)C(C)C. The number of hydrogen-bond donors (Lipinski definition) is 2. The second kappa shape index (κ2) is 11.4. The first kappa shape index (κ1) is 21.8. The molecule has 0 aliphatic carbocycles. The van der Waals surface area contributed by atoms with Crippen LogP contribution in [0.3, 0.4) is 0 Å². The van der Waals surface area contributed by atoms with Gasteiger partial charge >= 0.3 is 0 Å². The van der Waals surface area contributed by atoms with Crippen LogP contribution in [0.15, 0.2) is 0 Å². The fourth-order valence-corrected chi connectivity index (χ4v) is 2.54. The average molecular weight is 315 g/mol. The highest BCUT2D eigenvalue weighted by molar-refractivity contribution is 4.72. The summed E-state index contributed by atoms with van der Waals surface area (Å²) in [6, 6.07) is 1.25. The number of nitrogens with one attached hydrogen (secondary N) is 2. The maximum atomic E-state index is 3.55. The minimum absolute atomic E-state index is 0.214. The molecule has 0 radical (unpaired) electrons. The van der Waals surface area contributed by atoms with Crippen molar-refractivity contribution in [1.29, 1.82) is 0 Å². The maximum Gasteiger partial charge on any atom is 0.0113 e. The minimum atomic E-state index is 0.214. The Morgan fingerprint density at radius 3 is 1.77 bits per heavy atom. The number of likely N-dealkylation sites (N-methyl/N-ethyl adjacent to an activating group) is 1. The first-order chi connectivity index (χ1) is 10.2. The van der Waals surface area contributed by atoms with Crippen LogP contribution in [0, 0.1) is 0 Å². The Bertz CT molecular complexity index is 258. The van der Waals surface area contributed by atoms with Gasteiger partial charge in [0.05, 0.1) is 0 Å². The minimum Gasteiger partial charge on any atom is -0.314 e. The Morgan fingerprint density at radius 1 is 0.773 bits per heavy atom. The molecule has 0 aromatic rings. The van der Waals surface area contributed by atoms with Gasteiger partial charge in [0, 0.05) is 56.9 Å². The van der Waals surface area contributed by atoms with Gasteiger partial charge in [-0.1, -0.05) is 6.92 Å². The van der Waals surface area contributed by atoms with Crippen molar-refractivity contribution < 1.29 is 0 Å². The molecule has 134 valence electrons. The lowest BCUT2D eigenvalue weighted by atomic mass is 10.1. The normalized spacial score (nSPS) is 13.1. The average Bonchev–Trinajstić information content (AvgIpc) is 2.38. The third-order valence-electron chi connectivity index (χ3n) is 4.07. The van der Waals surface area contributed by atoms with E-state index in [9.17, 15) is 0 Å². The number of hydrogen-bond acceptors (Lipinski definition) is 4. The summed E-state index contributed by atoms with van der Waals surface area (Å²) in [6.07, 6.45) is 0. The van der Waals surface area contributed by atoms with Crippen molar-refractivity contribution in [2.24, 2.45) is 0 Å². The van der Waals surface area contributed by atoms with Gasteiger partial charge in [-0.05, 0) is 55.0 Å². The molecule has 0 unspecified atom stereocenters. The summed E-state index contributed by atoms with van der Waals surface area (Å²) in [4.78, 5) is 5.12. The van der Waals surface area contributed by atoms with Gasteiger partial charge < -0.3 is 10.6 Å². The summed E-state index contributed by atoms with van der Waals surface area (Å²) in [5.74, 6) is 0. The van der Waals surface area contributed by atoms with Crippen LogP contribution < -0.4 is 10.6 Å². The molecule has 0 saturated heterocycles. The van der Waals surface area contributed by atoms with Gasteiger partial charge in [-0.15, -0.1) is 0 Å². The van der Waals surface area contributed by atoms with Crippen molar-refractivity contribution in [3.63, 3.8) is 0 Å². The second-order valence-corrected chi connectivity index (χ2v) is 7.78. The zero-order chi connectivity index (χ0) is 17.2. The van der Waals surface area contributed by atoms with Crippen molar-refractivity contribution in [2.75, 3.05) is 45.8 Å². The van der Waals surface area contributed by atoms with Crippen LogP contribution >= 0.6 is 0 Å². The van der Waals surface area contributed by atoms with E-state index in [2.05, 4.69) is 75.8 Å². The molecule has 0 bridgehead atoms. The van der Waals surface area contributed by atoms with E-state index >= 15 is 0 Å². The molecule has 0 aliphatic heterocycles. The van der Waals surface area contributed by atoms with Crippen molar-refractivity contribution in [2.45, 2.75) is 73.0 Å². The highest BCUT2D eigenvalue weighted by Gasteiger charge is 2.13. The predicted molar refractivity (Wildman–Crippen MR) is 99.7 cm³/mol. The lowest BCUT2D eigenvalue weighted by Crippen LogP contribution is -2.45. The monoisotopic (exact) mass is 314 g/mol. The summed E-state index contributed by atoms with van der Waals surface area (Å²) in [5.41, 5.74) is 0.214.